The number of halogens is 2. The quantitative estimate of drug-likeness (QED) is 0.117. The molecule has 0 aromatic carbocycles. The van der Waals surface area contributed by atoms with E-state index in [-0.39, 0.29) is 29.3 Å². The summed E-state index contributed by atoms with van der Waals surface area (Å²) in [6, 6.07) is 2.02. The van der Waals surface area contributed by atoms with Crippen LogP contribution >= 0.6 is 31.9 Å². The summed E-state index contributed by atoms with van der Waals surface area (Å²) in [6.07, 6.45) is 20.9. The predicted molar refractivity (Wildman–Crippen MR) is 206 cm³/mol. The minimum Gasteiger partial charge on any atom is -0.477 e. The van der Waals surface area contributed by atoms with E-state index in [2.05, 4.69) is 57.8 Å². The lowest BCUT2D eigenvalue weighted by molar-refractivity contribution is -0.120. The van der Waals surface area contributed by atoms with E-state index in [0.29, 0.717) is 43.1 Å². The molecule has 13 heteroatoms. The first kappa shape index (κ1) is 39.2. The van der Waals surface area contributed by atoms with Crippen LogP contribution < -0.4 is 20.9 Å². The zero-order valence-corrected chi connectivity index (χ0v) is 33.3. The summed E-state index contributed by atoms with van der Waals surface area (Å²) in [5.74, 6) is 0.195. The van der Waals surface area contributed by atoms with Crippen molar-refractivity contribution in [1.29, 1.82) is 0 Å². The molecule has 2 aliphatic carbocycles. The molecule has 0 radical (unpaired) electrons. The Morgan fingerprint density at radius 1 is 0.882 bits per heavy atom. The van der Waals surface area contributed by atoms with Gasteiger partial charge in [0.15, 0.2) is 0 Å². The Morgan fingerprint density at radius 3 is 2.31 bits per heavy atom. The second-order valence-electron chi connectivity index (χ2n) is 14.2. The summed E-state index contributed by atoms with van der Waals surface area (Å²) in [7, 11) is 0. The van der Waals surface area contributed by atoms with E-state index in [1.165, 1.54) is 25.7 Å². The Morgan fingerprint density at radius 2 is 1.59 bits per heavy atom. The maximum atomic E-state index is 13.4. The lowest BCUT2D eigenvalue weighted by atomic mass is 9.99. The topological polar surface area (TPSA) is 133 Å². The maximum Gasteiger partial charge on any atom is 0.274 e. The van der Waals surface area contributed by atoms with Crippen LogP contribution in [0.25, 0.3) is 0 Å². The average Bonchev–Trinajstić information content (AvgIpc) is 3.27. The fraction of sp³-hybridized carbons (Fsp3) is 0.632. The van der Waals surface area contributed by atoms with E-state index in [1.54, 1.807) is 4.57 Å². The van der Waals surface area contributed by atoms with Gasteiger partial charge in [0, 0.05) is 46.4 Å². The van der Waals surface area contributed by atoms with Gasteiger partial charge in [-0.1, -0.05) is 56.6 Å². The summed E-state index contributed by atoms with van der Waals surface area (Å²) in [6.45, 7) is 5.48. The fourth-order valence-electron chi connectivity index (χ4n) is 7.03. The van der Waals surface area contributed by atoms with Gasteiger partial charge in [-0.05, 0) is 115 Å². The van der Waals surface area contributed by atoms with Crippen LogP contribution in [0.4, 0.5) is 5.69 Å². The van der Waals surface area contributed by atoms with Crippen LogP contribution in [0.15, 0.2) is 32.2 Å². The molecule has 0 unspecified atom stereocenters. The van der Waals surface area contributed by atoms with Crippen molar-refractivity contribution in [3.8, 4) is 5.88 Å². The van der Waals surface area contributed by atoms with Crippen molar-refractivity contribution in [2.24, 2.45) is 5.92 Å². The number of ether oxygens (including phenoxy) is 1. The molecule has 0 aliphatic heterocycles. The van der Waals surface area contributed by atoms with Crippen LogP contribution in [0.2, 0.25) is 0 Å². The third-order valence-corrected chi connectivity index (χ3v) is 11.8. The molecule has 0 atom stereocenters. The number of rotatable bonds is 15. The Kier molecular flexibility index (Phi) is 15.1. The number of pyridine rings is 2. The first-order valence-corrected chi connectivity index (χ1v) is 20.5. The Balaban J connectivity index is 1.04. The molecule has 0 spiro atoms. The van der Waals surface area contributed by atoms with Gasteiger partial charge in [-0.2, -0.15) is 0 Å². The van der Waals surface area contributed by atoms with Gasteiger partial charge >= 0.3 is 0 Å². The third-order valence-electron chi connectivity index (χ3n) is 10.2. The van der Waals surface area contributed by atoms with Crippen molar-refractivity contribution in [1.82, 2.24) is 29.9 Å². The number of unbranched alkanes of at least 4 members (excludes halogenated alkanes) is 2. The highest BCUT2D eigenvalue weighted by Gasteiger charge is 2.23. The summed E-state index contributed by atoms with van der Waals surface area (Å²) in [4.78, 5) is 44.2. The highest BCUT2D eigenvalue weighted by atomic mass is 79.9. The molecule has 3 aromatic heterocycles. The number of aromatic nitrogens is 5. The molecule has 3 heterocycles. The van der Waals surface area contributed by atoms with E-state index in [4.69, 9.17) is 4.74 Å². The highest BCUT2D eigenvalue weighted by molar-refractivity contribution is 9.10. The number of carbonyl (C=O) groups is 2. The molecule has 51 heavy (non-hydrogen) atoms. The number of nitrogens with one attached hydrogen (secondary N) is 2. The van der Waals surface area contributed by atoms with Crippen LogP contribution in [0.5, 0.6) is 5.88 Å². The molecule has 2 N–H and O–H groups in total. The van der Waals surface area contributed by atoms with Crippen molar-refractivity contribution >= 4 is 49.4 Å². The maximum absolute atomic E-state index is 13.4. The molecule has 2 fully saturated rings. The van der Waals surface area contributed by atoms with E-state index in [0.717, 1.165) is 103 Å². The SMILES string of the molecule is Cc1nc(OCCCCCn2cc(CCCn3cc(Br)c(C)c(NC(=O)C4CCCCCC4)c3=O)nn2)c(C(=O)NC2CCCCCC2)cc1Br. The minimum absolute atomic E-state index is 0.0310. The Bertz CT molecular complexity index is 1680. The van der Waals surface area contributed by atoms with Gasteiger partial charge in [0.25, 0.3) is 11.5 Å². The number of amides is 2. The molecular formula is C38H53Br2N7O4. The zero-order chi connectivity index (χ0) is 36.2. The molecule has 3 aromatic rings. The lowest BCUT2D eigenvalue weighted by Crippen LogP contribution is -2.34. The lowest BCUT2D eigenvalue weighted by Gasteiger charge is -2.18. The molecule has 0 saturated heterocycles. The van der Waals surface area contributed by atoms with E-state index >= 15 is 0 Å². The predicted octanol–water partition coefficient (Wildman–Crippen LogP) is 8.22. The van der Waals surface area contributed by atoms with E-state index in [9.17, 15) is 14.4 Å². The molecule has 5 rings (SSSR count). The van der Waals surface area contributed by atoms with Crippen molar-refractivity contribution in [3.63, 3.8) is 0 Å². The number of hydrogen-bond donors (Lipinski definition) is 2. The molecule has 2 amide bonds. The highest BCUT2D eigenvalue weighted by Crippen LogP contribution is 2.27. The first-order valence-electron chi connectivity index (χ1n) is 18.9. The smallest absolute Gasteiger partial charge is 0.274 e. The molecule has 2 aliphatic rings. The summed E-state index contributed by atoms with van der Waals surface area (Å²) in [5, 5.41) is 14.8. The van der Waals surface area contributed by atoms with Gasteiger partial charge in [0.05, 0.1) is 18.0 Å². The van der Waals surface area contributed by atoms with E-state index in [1.807, 2.05) is 37.0 Å². The van der Waals surface area contributed by atoms with Crippen molar-refractivity contribution in [3.05, 3.63) is 60.3 Å². The minimum atomic E-state index is -0.175. The van der Waals surface area contributed by atoms with Crippen LogP contribution in [0.1, 0.15) is 130 Å². The molecule has 11 nitrogen and oxygen atoms in total. The van der Waals surface area contributed by atoms with Crippen LogP contribution in [0.3, 0.4) is 0 Å². The standard InChI is InChI=1S/C38H53Br2N7O4/c1-26-33(40)25-46(38(50)34(26)43-35(48)28-15-8-3-4-9-16-28)20-14-19-30-24-47(45-44-30)21-12-7-13-22-51-37-31(23-32(39)27(2)41-37)36(49)42-29-17-10-5-6-11-18-29/h23-25,28-29H,3-22H2,1-2H3,(H,42,49)(H,43,48). The van der Waals surface area contributed by atoms with Crippen molar-refractivity contribution in [2.45, 2.75) is 142 Å². The molecule has 0 bridgehead atoms. The number of anilines is 1. The normalized spacial score (nSPS) is 16.0. The number of nitrogens with zero attached hydrogens (tertiary/aromatic N) is 5. The van der Waals surface area contributed by atoms with E-state index < -0.39 is 0 Å². The van der Waals surface area contributed by atoms with Crippen molar-refractivity contribution in [2.75, 3.05) is 11.9 Å². The number of carbonyl (C=O) groups excluding carboxylic acids is 2. The molecular weight excluding hydrogens is 778 g/mol. The zero-order valence-electron chi connectivity index (χ0n) is 30.2. The van der Waals surface area contributed by atoms with Crippen molar-refractivity contribution < 1.29 is 14.3 Å². The van der Waals surface area contributed by atoms with Crippen LogP contribution in [0, 0.1) is 19.8 Å². The Labute approximate surface area is 318 Å². The second-order valence-corrected chi connectivity index (χ2v) is 15.9. The van der Waals surface area contributed by atoms with Gasteiger partial charge in [-0.3, -0.25) is 19.1 Å². The van der Waals surface area contributed by atoms with Gasteiger partial charge in [-0.25, -0.2) is 4.98 Å². The monoisotopic (exact) mass is 829 g/mol. The first-order chi connectivity index (χ1) is 24.7. The van der Waals surface area contributed by atoms with Crippen LogP contribution in [-0.4, -0.2) is 49.0 Å². The second kappa shape index (κ2) is 19.7. The van der Waals surface area contributed by atoms with Gasteiger partial charge < -0.3 is 19.9 Å². The van der Waals surface area contributed by atoms with Gasteiger partial charge in [0.2, 0.25) is 11.8 Å². The largest absolute Gasteiger partial charge is 0.477 e. The summed E-state index contributed by atoms with van der Waals surface area (Å²) in [5.41, 5.74) is 3.09. The summed E-state index contributed by atoms with van der Waals surface area (Å²) < 4.78 is 11.2. The molecule has 2 saturated carbocycles. The summed E-state index contributed by atoms with van der Waals surface area (Å²) >= 11 is 7.12. The fourth-order valence-corrected chi connectivity index (χ4v) is 7.79. The number of aryl methyl sites for hydroxylation is 4. The number of hydrogen-bond acceptors (Lipinski definition) is 7. The van der Waals surface area contributed by atoms with Crippen LogP contribution in [-0.2, 0) is 24.3 Å². The molecule has 278 valence electrons. The third kappa shape index (κ3) is 11.5. The van der Waals surface area contributed by atoms with Gasteiger partial charge in [0.1, 0.15) is 11.3 Å². The Hall–Kier alpha value is -3.06. The van der Waals surface area contributed by atoms with Gasteiger partial charge in [-0.15, -0.1) is 5.10 Å². The average molecular weight is 832 g/mol.